The molecule has 0 bridgehead atoms. The fraction of sp³-hybridized carbons (Fsp3) is 0.786. The summed E-state index contributed by atoms with van der Waals surface area (Å²) in [5, 5.41) is 11.4. The van der Waals surface area contributed by atoms with E-state index in [0.29, 0.717) is 6.42 Å². The van der Waals surface area contributed by atoms with Crippen LogP contribution in [0.2, 0.25) is 0 Å². The molecule has 4 N–H and O–H groups in total. The van der Waals surface area contributed by atoms with Gasteiger partial charge in [-0.05, 0) is 12.3 Å². The number of hydrogen-bond donors (Lipinski definition) is 3. The second kappa shape index (κ2) is 10.2. The number of nitrogens with one attached hydrogen (secondary N) is 1. The Hall–Kier alpha value is -1.59. The second-order valence-corrected chi connectivity index (χ2v) is 5.27. The molecule has 0 aliphatic rings. The van der Waals surface area contributed by atoms with E-state index in [9.17, 15) is 14.4 Å². The van der Waals surface area contributed by atoms with E-state index in [2.05, 4.69) is 12.2 Å². The molecule has 6 nitrogen and oxygen atoms in total. The zero-order valence-corrected chi connectivity index (χ0v) is 12.4. The van der Waals surface area contributed by atoms with Gasteiger partial charge in [0.25, 0.3) is 0 Å². The molecule has 0 radical (unpaired) electrons. The summed E-state index contributed by atoms with van der Waals surface area (Å²) in [6.07, 6.45) is 4.60. The number of carbonyl (C=O) groups is 3. The predicted octanol–water partition coefficient (Wildman–Crippen LogP) is 1.43. The molecule has 0 heterocycles. The number of unbranched alkanes of at least 4 members (excludes halogenated alkanes) is 2. The highest BCUT2D eigenvalue weighted by Gasteiger charge is 2.21. The number of amides is 2. The topological polar surface area (TPSA) is 109 Å². The summed E-state index contributed by atoms with van der Waals surface area (Å²) >= 11 is 0. The van der Waals surface area contributed by atoms with Gasteiger partial charge >= 0.3 is 5.97 Å². The van der Waals surface area contributed by atoms with Crippen LogP contribution < -0.4 is 11.1 Å². The van der Waals surface area contributed by atoms with Gasteiger partial charge in [0.2, 0.25) is 11.8 Å². The average Bonchev–Trinajstić information content (AvgIpc) is 2.34. The van der Waals surface area contributed by atoms with Crippen LogP contribution in [-0.2, 0) is 14.4 Å². The highest BCUT2D eigenvalue weighted by molar-refractivity contribution is 5.84. The van der Waals surface area contributed by atoms with E-state index >= 15 is 0 Å². The number of nitrogens with two attached hydrogens (primary N) is 1. The highest BCUT2D eigenvalue weighted by atomic mass is 16.4. The zero-order chi connectivity index (χ0) is 15.5. The summed E-state index contributed by atoms with van der Waals surface area (Å²) < 4.78 is 0. The van der Waals surface area contributed by atoms with Gasteiger partial charge in [0.15, 0.2) is 0 Å². The lowest BCUT2D eigenvalue weighted by atomic mass is 9.99. The van der Waals surface area contributed by atoms with E-state index in [1.807, 2.05) is 6.92 Å². The first-order valence-corrected chi connectivity index (χ1v) is 7.17. The molecule has 20 heavy (non-hydrogen) atoms. The van der Waals surface area contributed by atoms with Crippen molar-refractivity contribution in [2.75, 3.05) is 0 Å². The molecule has 116 valence electrons. The van der Waals surface area contributed by atoms with Crippen molar-refractivity contribution < 1.29 is 19.5 Å². The van der Waals surface area contributed by atoms with Crippen LogP contribution in [0.3, 0.4) is 0 Å². The van der Waals surface area contributed by atoms with E-state index in [0.717, 1.165) is 25.7 Å². The van der Waals surface area contributed by atoms with Gasteiger partial charge < -0.3 is 16.2 Å². The van der Waals surface area contributed by atoms with Gasteiger partial charge in [-0.1, -0.05) is 39.5 Å². The molecule has 0 aromatic rings. The Morgan fingerprint density at radius 3 is 2.35 bits per heavy atom. The Balaban J connectivity index is 4.11. The Morgan fingerprint density at radius 2 is 1.85 bits per heavy atom. The lowest BCUT2D eigenvalue weighted by molar-refractivity contribution is -0.142. The minimum Gasteiger partial charge on any atom is -0.480 e. The average molecular weight is 286 g/mol. The van der Waals surface area contributed by atoms with Crippen molar-refractivity contribution in [1.82, 2.24) is 5.32 Å². The SMILES string of the molecule is CCCCCC(C)CC(=O)NC(CCC(N)=O)C(=O)O. The van der Waals surface area contributed by atoms with E-state index in [4.69, 9.17) is 10.8 Å². The van der Waals surface area contributed by atoms with Gasteiger partial charge in [-0.15, -0.1) is 0 Å². The number of aliphatic carboxylic acids is 1. The standard InChI is InChI=1S/C14H26N2O4/c1-3-4-5-6-10(2)9-13(18)16-11(14(19)20)7-8-12(15)17/h10-11H,3-9H2,1-2H3,(H2,15,17)(H,16,18)(H,19,20). The first-order valence-electron chi connectivity index (χ1n) is 7.17. The van der Waals surface area contributed by atoms with Crippen LogP contribution in [0.5, 0.6) is 0 Å². The fourth-order valence-electron chi connectivity index (χ4n) is 1.96. The van der Waals surface area contributed by atoms with Crippen LogP contribution in [0.4, 0.5) is 0 Å². The Bertz CT molecular complexity index is 331. The summed E-state index contributed by atoms with van der Waals surface area (Å²) in [7, 11) is 0. The summed E-state index contributed by atoms with van der Waals surface area (Å²) in [5.41, 5.74) is 4.98. The maximum absolute atomic E-state index is 11.8. The van der Waals surface area contributed by atoms with Crippen LogP contribution in [0.25, 0.3) is 0 Å². The lowest BCUT2D eigenvalue weighted by Gasteiger charge is -2.16. The van der Waals surface area contributed by atoms with Crippen molar-refractivity contribution in [3.05, 3.63) is 0 Å². The fourth-order valence-corrected chi connectivity index (χ4v) is 1.96. The lowest BCUT2D eigenvalue weighted by Crippen LogP contribution is -2.41. The molecule has 0 fully saturated rings. The van der Waals surface area contributed by atoms with E-state index < -0.39 is 17.9 Å². The number of carboxylic acid groups (broad SMARTS) is 1. The summed E-state index contributed by atoms with van der Waals surface area (Å²) in [5.74, 6) is -1.77. The number of hydrogen-bond acceptors (Lipinski definition) is 3. The van der Waals surface area contributed by atoms with Crippen molar-refractivity contribution in [1.29, 1.82) is 0 Å². The molecule has 0 aromatic heterocycles. The highest BCUT2D eigenvalue weighted by Crippen LogP contribution is 2.13. The second-order valence-electron chi connectivity index (χ2n) is 5.27. The molecule has 0 spiro atoms. The quantitative estimate of drug-likeness (QED) is 0.499. The first-order chi connectivity index (χ1) is 9.36. The van der Waals surface area contributed by atoms with Crippen molar-refractivity contribution >= 4 is 17.8 Å². The van der Waals surface area contributed by atoms with Crippen LogP contribution in [-0.4, -0.2) is 28.9 Å². The third-order valence-corrected chi connectivity index (χ3v) is 3.15. The van der Waals surface area contributed by atoms with Gasteiger partial charge in [0.1, 0.15) is 6.04 Å². The van der Waals surface area contributed by atoms with Crippen molar-refractivity contribution in [3.8, 4) is 0 Å². The van der Waals surface area contributed by atoms with Crippen LogP contribution >= 0.6 is 0 Å². The third kappa shape index (κ3) is 9.35. The van der Waals surface area contributed by atoms with Crippen LogP contribution in [0.15, 0.2) is 0 Å². The minimum atomic E-state index is -1.14. The Kier molecular flexibility index (Phi) is 9.41. The van der Waals surface area contributed by atoms with Gasteiger partial charge in [-0.25, -0.2) is 4.79 Å². The molecule has 0 aliphatic heterocycles. The van der Waals surface area contributed by atoms with E-state index in [1.54, 1.807) is 0 Å². The normalized spacial score (nSPS) is 13.5. The molecular formula is C14H26N2O4. The summed E-state index contributed by atoms with van der Waals surface area (Å²) in [6, 6.07) is -1.04. The molecular weight excluding hydrogens is 260 g/mol. The van der Waals surface area contributed by atoms with Gasteiger partial charge in [0.05, 0.1) is 0 Å². The summed E-state index contributed by atoms with van der Waals surface area (Å²) in [6.45, 7) is 4.10. The Morgan fingerprint density at radius 1 is 1.20 bits per heavy atom. The number of primary amides is 1. The number of carbonyl (C=O) groups excluding carboxylic acids is 2. The molecule has 0 rings (SSSR count). The molecule has 0 saturated heterocycles. The molecule has 6 heteroatoms. The maximum Gasteiger partial charge on any atom is 0.326 e. The number of carboxylic acids is 1. The largest absolute Gasteiger partial charge is 0.480 e. The van der Waals surface area contributed by atoms with Crippen molar-refractivity contribution in [3.63, 3.8) is 0 Å². The zero-order valence-electron chi connectivity index (χ0n) is 12.4. The number of rotatable bonds is 11. The van der Waals surface area contributed by atoms with Crippen molar-refractivity contribution in [2.24, 2.45) is 11.7 Å². The first kappa shape index (κ1) is 18.4. The van der Waals surface area contributed by atoms with Crippen LogP contribution in [0, 0.1) is 5.92 Å². The maximum atomic E-state index is 11.8. The Labute approximate surface area is 120 Å². The predicted molar refractivity (Wildman–Crippen MR) is 75.9 cm³/mol. The molecule has 2 amide bonds. The minimum absolute atomic E-state index is 0.0284. The monoisotopic (exact) mass is 286 g/mol. The van der Waals surface area contributed by atoms with Gasteiger partial charge in [0, 0.05) is 12.8 Å². The van der Waals surface area contributed by atoms with E-state index in [1.165, 1.54) is 0 Å². The van der Waals surface area contributed by atoms with E-state index in [-0.39, 0.29) is 24.7 Å². The molecule has 0 aromatic carbocycles. The van der Waals surface area contributed by atoms with Gasteiger partial charge in [-0.2, -0.15) is 0 Å². The van der Waals surface area contributed by atoms with Crippen molar-refractivity contribution in [2.45, 2.75) is 64.8 Å². The van der Waals surface area contributed by atoms with Crippen LogP contribution in [0.1, 0.15) is 58.8 Å². The molecule has 0 saturated carbocycles. The molecule has 2 unspecified atom stereocenters. The molecule has 0 aliphatic carbocycles. The third-order valence-electron chi connectivity index (χ3n) is 3.15. The summed E-state index contributed by atoms with van der Waals surface area (Å²) in [4.78, 5) is 33.4. The van der Waals surface area contributed by atoms with Gasteiger partial charge in [-0.3, -0.25) is 9.59 Å². The smallest absolute Gasteiger partial charge is 0.326 e. The molecule has 2 atom stereocenters.